The van der Waals surface area contributed by atoms with Gasteiger partial charge in [0.2, 0.25) is 5.88 Å². The molecule has 0 saturated heterocycles. The van der Waals surface area contributed by atoms with Crippen molar-refractivity contribution in [3.8, 4) is 11.6 Å². The Morgan fingerprint density at radius 3 is 2.72 bits per heavy atom. The monoisotopic (exact) mass is 347 g/mol. The van der Waals surface area contributed by atoms with E-state index in [1.54, 1.807) is 4.57 Å². The third-order valence-electron chi connectivity index (χ3n) is 4.36. The lowest BCUT2D eigenvalue weighted by Crippen LogP contribution is -1.92. The van der Waals surface area contributed by atoms with Gasteiger partial charge in [-0.25, -0.2) is 0 Å². The number of aromatic hydroxyl groups is 1. The number of aryl methyl sites for hydroxylation is 1. The highest BCUT2D eigenvalue weighted by Crippen LogP contribution is 2.36. The van der Waals surface area contributed by atoms with Crippen LogP contribution in [0.15, 0.2) is 53.5 Å². The van der Waals surface area contributed by atoms with Crippen molar-refractivity contribution < 1.29 is 5.11 Å². The lowest BCUT2D eigenvalue weighted by atomic mass is 10.0. The SMILES string of the molecule is CCc1cccc2c1N=CC2=Cc1[nH]c(=S)n(-c2ccccc2)c1O. The van der Waals surface area contributed by atoms with E-state index in [9.17, 15) is 5.11 Å². The fourth-order valence-electron chi connectivity index (χ4n) is 3.10. The van der Waals surface area contributed by atoms with Crippen LogP contribution in [0.1, 0.15) is 23.7 Å². The molecule has 3 aromatic rings. The Hall–Kier alpha value is -2.92. The van der Waals surface area contributed by atoms with Crippen molar-refractivity contribution in [2.75, 3.05) is 0 Å². The Labute approximate surface area is 150 Å². The van der Waals surface area contributed by atoms with E-state index in [-0.39, 0.29) is 5.88 Å². The number of rotatable bonds is 3. The Balaban J connectivity index is 1.81. The van der Waals surface area contributed by atoms with Crippen LogP contribution in [-0.4, -0.2) is 20.9 Å². The smallest absolute Gasteiger partial charge is 0.222 e. The minimum Gasteiger partial charge on any atom is -0.493 e. The highest BCUT2D eigenvalue weighted by Gasteiger charge is 2.17. The van der Waals surface area contributed by atoms with Crippen LogP contribution in [0.3, 0.4) is 0 Å². The first-order chi connectivity index (χ1) is 12.2. The topological polar surface area (TPSA) is 53.3 Å². The highest BCUT2D eigenvalue weighted by molar-refractivity contribution is 7.71. The zero-order valence-corrected chi connectivity index (χ0v) is 14.5. The second-order valence-electron chi connectivity index (χ2n) is 5.86. The molecule has 0 fully saturated rings. The van der Waals surface area contributed by atoms with E-state index in [1.807, 2.05) is 54.8 Å². The molecular weight excluding hydrogens is 330 g/mol. The molecule has 25 heavy (non-hydrogen) atoms. The number of aromatic amines is 1. The van der Waals surface area contributed by atoms with Crippen LogP contribution in [0.5, 0.6) is 5.88 Å². The number of benzene rings is 2. The van der Waals surface area contributed by atoms with Crippen molar-refractivity contribution >= 4 is 35.8 Å². The van der Waals surface area contributed by atoms with Crippen molar-refractivity contribution in [2.45, 2.75) is 13.3 Å². The van der Waals surface area contributed by atoms with Crippen molar-refractivity contribution in [3.63, 3.8) is 0 Å². The zero-order chi connectivity index (χ0) is 17.4. The first-order valence-electron chi connectivity index (χ1n) is 8.16. The molecule has 0 amide bonds. The second kappa shape index (κ2) is 6.18. The van der Waals surface area contributed by atoms with Gasteiger partial charge in [-0.05, 0) is 42.4 Å². The van der Waals surface area contributed by atoms with Gasteiger partial charge in [-0.15, -0.1) is 0 Å². The van der Waals surface area contributed by atoms with Gasteiger partial charge in [-0.2, -0.15) is 0 Å². The summed E-state index contributed by atoms with van der Waals surface area (Å²) in [6, 6.07) is 15.7. The summed E-state index contributed by atoms with van der Waals surface area (Å²) in [7, 11) is 0. The van der Waals surface area contributed by atoms with Gasteiger partial charge in [0, 0.05) is 17.4 Å². The number of fused-ring (bicyclic) bond motifs is 1. The lowest BCUT2D eigenvalue weighted by Gasteiger charge is -2.05. The number of para-hydroxylation sites is 2. The quantitative estimate of drug-likeness (QED) is 0.651. The number of aliphatic imine (C=N–C) groups is 1. The van der Waals surface area contributed by atoms with Gasteiger partial charge in [-0.1, -0.05) is 43.3 Å². The third kappa shape index (κ3) is 2.62. The Bertz CT molecular complexity index is 1060. The summed E-state index contributed by atoms with van der Waals surface area (Å²) >= 11 is 5.39. The predicted octanol–water partition coefficient (Wildman–Crippen LogP) is 5.06. The molecule has 0 unspecified atom stereocenters. The van der Waals surface area contributed by atoms with Gasteiger partial charge in [0.1, 0.15) is 5.69 Å². The summed E-state index contributed by atoms with van der Waals surface area (Å²) in [5.74, 6) is 0.0946. The van der Waals surface area contributed by atoms with Crippen LogP contribution in [0, 0.1) is 4.77 Å². The van der Waals surface area contributed by atoms with Crippen LogP contribution in [0.4, 0.5) is 5.69 Å². The van der Waals surface area contributed by atoms with Gasteiger partial charge in [0.15, 0.2) is 4.77 Å². The molecule has 124 valence electrons. The third-order valence-corrected chi connectivity index (χ3v) is 4.64. The lowest BCUT2D eigenvalue weighted by molar-refractivity contribution is 0.441. The first-order valence-corrected chi connectivity index (χ1v) is 8.57. The number of H-pyrrole nitrogens is 1. The molecule has 2 aromatic carbocycles. The van der Waals surface area contributed by atoms with Crippen LogP contribution in [0.2, 0.25) is 0 Å². The van der Waals surface area contributed by atoms with E-state index in [4.69, 9.17) is 12.2 Å². The summed E-state index contributed by atoms with van der Waals surface area (Å²) < 4.78 is 2.07. The first kappa shape index (κ1) is 15.6. The minimum atomic E-state index is 0.0946. The van der Waals surface area contributed by atoms with Gasteiger partial charge in [0.05, 0.1) is 11.4 Å². The molecule has 2 heterocycles. The molecule has 2 N–H and O–H groups in total. The average Bonchev–Trinajstić information content (AvgIpc) is 3.17. The largest absolute Gasteiger partial charge is 0.493 e. The molecule has 0 saturated carbocycles. The van der Waals surface area contributed by atoms with Crippen molar-refractivity contribution in [1.82, 2.24) is 9.55 Å². The van der Waals surface area contributed by atoms with Crippen LogP contribution in [-0.2, 0) is 6.42 Å². The van der Waals surface area contributed by atoms with Gasteiger partial charge in [-0.3, -0.25) is 9.56 Å². The van der Waals surface area contributed by atoms with Crippen LogP contribution >= 0.6 is 12.2 Å². The van der Waals surface area contributed by atoms with Crippen molar-refractivity contribution in [3.05, 3.63) is 70.1 Å². The van der Waals surface area contributed by atoms with E-state index in [0.717, 1.165) is 28.9 Å². The molecule has 0 radical (unpaired) electrons. The van der Waals surface area contributed by atoms with E-state index >= 15 is 0 Å². The van der Waals surface area contributed by atoms with Crippen LogP contribution < -0.4 is 0 Å². The molecule has 0 spiro atoms. The Morgan fingerprint density at radius 2 is 1.96 bits per heavy atom. The summed E-state index contributed by atoms with van der Waals surface area (Å²) in [5, 5.41) is 10.6. The molecule has 1 aliphatic rings. The van der Waals surface area contributed by atoms with E-state index in [1.165, 1.54) is 5.56 Å². The molecule has 0 aliphatic carbocycles. The average molecular weight is 347 g/mol. The maximum atomic E-state index is 10.6. The summed E-state index contributed by atoms with van der Waals surface area (Å²) in [5.41, 5.74) is 5.65. The normalized spacial score (nSPS) is 14.2. The molecule has 5 heteroatoms. The van der Waals surface area contributed by atoms with E-state index in [0.29, 0.717) is 10.5 Å². The number of nitrogens with one attached hydrogen (secondary N) is 1. The maximum Gasteiger partial charge on any atom is 0.222 e. The molecule has 4 rings (SSSR count). The number of imidazole rings is 1. The summed E-state index contributed by atoms with van der Waals surface area (Å²) in [6.45, 7) is 2.12. The standard InChI is InChI=1S/C20H17N3OS/c1-2-13-7-6-10-16-14(12-21-18(13)16)11-17-19(24)23(20(25)22-17)15-8-4-3-5-9-15/h3-12,24H,2H2,1H3,(H,22,25). The van der Waals surface area contributed by atoms with Crippen LogP contribution in [0.25, 0.3) is 17.3 Å². The second-order valence-corrected chi connectivity index (χ2v) is 6.25. The summed E-state index contributed by atoms with van der Waals surface area (Å²) in [4.78, 5) is 7.63. The van der Waals surface area contributed by atoms with E-state index in [2.05, 4.69) is 23.0 Å². The molecule has 0 bridgehead atoms. The minimum absolute atomic E-state index is 0.0946. The van der Waals surface area contributed by atoms with Gasteiger partial charge >= 0.3 is 0 Å². The van der Waals surface area contributed by atoms with E-state index < -0.39 is 0 Å². The molecule has 1 aromatic heterocycles. The van der Waals surface area contributed by atoms with Crippen molar-refractivity contribution in [1.29, 1.82) is 0 Å². The number of hydrogen-bond acceptors (Lipinski definition) is 3. The number of aromatic nitrogens is 2. The fraction of sp³-hybridized carbons (Fsp3) is 0.100. The predicted molar refractivity (Wildman–Crippen MR) is 104 cm³/mol. The number of nitrogens with zero attached hydrogens (tertiary/aromatic N) is 2. The fourth-order valence-corrected chi connectivity index (χ4v) is 3.40. The van der Waals surface area contributed by atoms with Crippen molar-refractivity contribution in [2.24, 2.45) is 4.99 Å². The van der Waals surface area contributed by atoms with Gasteiger partial charge in [0.25, 0.3) is 0 Å². The highest BCUT2D eigenvalue weighted by atomic mass is 32.1. The molecule has 1 aliphatic heterocycles. The molecule has 0 atom stereocenters. The number of allylic oxidation sites excluding steroid dienone is 1. The molecule has 4 nitrogen and oxygen atoms in total. The van der Waals surface area contributed by atoms with Gasteiger partial charge < -0.3 is 10.1 Å². The summed E-state index contributed by atoms with van der Waals surface area (Å²) in [6.07, 6.45) is 4.66. The number of hydrogen-bond donors (Lipinski definition) is 2. The maximum absolute atomic E-state index is 10.6. The Morgan fingerprint density at radius 1 is 1.16 bits per heavy atom. The Kier molecular flexibility index (Phi) is 3.86. The zero-order valence-electron chi connectivity index (χ0n) is 13.7. The molecular formula is C20H17N3OS.